The first-order valence-corrected chi connectivity index (χ1v) is 8.54. The van der Waals surface area contributed by atoms with Gasteiger partial charge in [-0.15, -0.1) is 0 Å². The van der Waals surface area contributed by atoms with Gasteiger partial charge in [-0.05, 0) is 25.0 Å². The van der Waals surface area contributed by atoms with E-state index in [1.54, 1.807) is 12.4 Å². The van der Waals surface area contributed by atoms with Gasteiger partial charge in [0.1, 0.15) is 5.75 Å². The Morgan fingerprint density at radius 2 is 2.29 bits per heavy atom. The topological polar surface area (TPSA) is 60.2 Å². The highest BCUT2D eigenvalue weighted by Crippen LogP contribution is 2.33. The smallest absolute Gasteiger partial charge is 0.226 e. The number of hydrogen-bond acceptors (Lipinski definition) is 4. The molecule has 0 spiro atoms. The van der Waals surface area contributed by atoms with Crippen molar-refractivity contribution in [2.75, 3.05) is 13.2 Å². The SMILES string of the molecule is Cn1cc2c(n1)C(COc1cccnc1)CN(C(=O)C1CCC1)C2. The van der Waals surface area contributed by atoms with Crippen LogP contribution in [0.25, 0.3) is 0 Å². The van der Waals surface area contributed by atoms with Crippen molar-refractivity contribution in [3.05, 3.63) is 42.0 Å². The van der Waals surface area contributed by atoms with Crippen molar-refractivity contribution in [3.8, 4) is 5.75 Å². The highest BCUT2D eigenvalue weighted by molar-refractivity contribution is 5.80. The standard InChI is InChI=1S/C18H22N4O2/c1-21-9-14-10-22(18(23)13-4-2-5-13)11-15(17(14)20-21)12-24-16-6-3-7-19-8-16/h3,6-9,13,15H,2,4-5,10-12H2,1H3. The summed E-state index contributed by atoms with van der Waals surface area (Å²) in [5, 5.41) is 4.60. The molecule has 0 bridgehead atoms. The van der Waals surface area contributed by atoms with Crippen molar-refractivity contribution >= 4 is 5.91 Å². The number of aryl methyl sites for hydroxylation is 1. The summed E-state index contributed by atoms with van der Waals surface area (Å²) in [7, 11) is 1.93. The maximum atomic E-state index is 12.7. The van der Waals surface area contributed by atoms with Crippen LogP contribution in [0, 0.1) is 5.92 Å². The summed E-state index contributed by atoms with van der Waals surface area (Å²) in [4.78, 5) is 18.7. The molecule has 6 nitrogen and oxygen atoms in total. The van der Waals surface area contributed by atoms with Crippen LogP contribution >= 0.6 is 0 Å². The van der Waals surface area contributed by atoms with Crippen molar-refractivity contribution in [2.45, 2.75) is 31.7 Å². The minimum Gasteiger partial charge on any atom is -0.491 e. The molecule has 24 heavy (non-hydrogen) atoms. The Labute approximate surface area is 141 Å². The second kappa shape index (κ2) is 6.26. The van der Waals surface area contributed by atoms with Crippen molar-refractivity contribution in [2.24, 2.45) is 13.0 Å². The Morgan fingerprint density at radius 3 is 3.00 bits per heavy atom. The van der Waals surface area contributed by atoms with E-state index in [1.165, 1.54) is 6.42 Å². The number of pyridine rings is 1. The highest BCUT2D eigenvalue weighted by atomic mass is 16.5. The van der Waals surface area contributed by atoms with Crippen molar-refractivity contribution in [1.82, 2.24) is 19.7 Å². The molecule has 1 aliphatic heterocycles. The van der Waals surface area contributed by atoms with Gasteiger partial charge in [0.05, 0.1) is 24.4 Å². The van der Waals surface area contributed by atoms with E-state index in [9.17, 15) is 4.79 Å². The number of carbonyl (C=O) groups excluding carboxylic acids is 1. The van der Waals surface area contributed by atoms with Crippen molar-refractivity contribution in [1.29, 1.82) is 0 Å². The molecule has 3 heterocycles. The molecular weight excluding hydrogens is 304 g/mol. The molecule has 0 N–H and O–H groups in total. The summed E-state index contributed by atoms with van der Waals surface area (Å²) in [5.41, 5.74) is 2.19. The van der Waals surface area contributed by atoms with Gasteiger partial charge < -0.3 is 9.64 Å². The molecule has 0 radical (unpaired) electrons. The third-order valence-electron chi connectivity index (χ3n) is 4.98. The molecule has 1 atom stereocenters. The van der Waals surface area contributed by atoms with E-state index in [0.29, 0.717) is 25.6 Å². The molecule has 6 heteroatoms. The van der Waals surface area contributed by atoms with Crippen LogP contribution in [0.1, 0.15) is 36.4 Å². The average molecular weight is 326 g/mol. The molecule has 1 aliphatic carbocycles. The number of carbonyl (C=O) groups is 1. The fourth-order valence-corrected chi connectivity index (χ4v) is 3.49. The lowest BCUT2D eigenvalue weighted by Crippen LogP contribution is -2.44. The van der Waals surface area contributed by atoms with Gasteiger partial charge in [-0.3, -0.25) is 14.5 Å². The summed E-state index contributed by atoms with van der Waals surface area (Å²) >= 11 is 0. The lowest BCUT2D eigenvalue weighted by atomic mass is 9.83. The number of ether oxygens (including phenoxy) is 1. The van der Waals surface area contributed by atoms with Crippen LogP contribution in [-0.2, 0) is 18.4 Å². The lowest BCUT2D eigenvalue weighted by molar-refractivity contribution is -0.139. The maximum Gasteiger partial charge on any atom is 0.226 e. The summed E-state index contributed by atoms with van der Waals surface area (Å²) in [6, 6.07) is 3.75. The summed E-state index contributed by atoms with van der Waals surface area (Å²) < 4.78 is 7.72. The molecule has 1 fully saturated rings. The van der Waals surface area contributed by atoms with Crippen LogP contribution in [0.3, 0.4) is 0 Å². The summed E-state index contributed by atoms with van der Waals surface area (Å²) in [6.45, 7) is 1.85. The molecule has 126 valence electrons. The van der Waals surface area contributed by atoms with Crippen LogP contribution in [-0.4, -0.2) is 38.7 Å². The lowest BCUT2D eigenvalue weighted by Gasteiger charge is -2.36. The van der Waals surface area contributed by atoms with Gasteiger partial charge in [0.2, 0.25) is 5.91 Å². The van der Waals surface area contributed by atoms with E-state index >= 15 is 0 Å². The van der Waals surface area contributed by atoms with E-state index in [1.807, 2.05) is 35.0 Å². The Balaban J connectivity index is 1.51. The fourth-order valence-electron chi connectivity index (χ4n) is 3.49. The van der Waals surface area contributed by atoms with E-state index in [4.69, 9.17) is 4.74 Å². The zero-order valence-electron chi connectivity index (χ0n) is 13.9. The number of hydrogen-bond donors (Lipinski definition) is 0. The van der Waals surface area contributed by atoms with E-state index in [2.05, 4.69) is 10.1 Å². The third kappa shape index (κ3) is 2.88. The Hall–Kier alpha value is -2.37. The zero-order valence-corrected chi connectivity index (χ0v) is 13.9. The molecule has 1 saturated carbocycles. The number of fused-ring (bicyclic) bond motifs is 1. The number of aromatic nitrogens is 3. The monoisotopic (exact) mass is 326 g/mol. The second-order valence-corrected chi connectivity index (χ2v) is 6.76. The van der Waals surface area contributed by atoms with Crippen LogP contribution < -0.4 is 4.74 Å². The van der Waals surface area contributed by atoms with Crippen LogP contribution in [0.15, 0.2) is 30.7 Å². The van der Waals surface area contributed by atoms with Gasteiger partial charge in [0, 0.05) is 44.0 Å². The van der Waals surface area contributed by atoms with Gasteiger partial charge in [-0.2, -0.15) is 5.10 Å². The molecule has 0 aromatic carbocycles. The molecule has 2 aromatic rings. The van der Waals surface area contributed by atoms with E-state index in [0.717, 1.165) is 29.8 Å². The summed E-state index contributed by atoms with van der Waals surface area (Å²) in [6.07, 6.45) is 8.70. The van der Waals surface area contributed by atoms with Crippen LogP contribution in [0.2, 0.25) is 0 Å². The van der Waals surface area contributed by atoms with Crippen molar-refractivity contribution < 1.29 is 9.53 Å². The van der Waals surface area contributed by atoms with Crippen LogP contribution in [0.5, 0.6) is 5.75 Å². The third-order valence-corrected chi connectivity index (χ3v) is 4.98. The van der Waals surface area contributed by atoms with Gasteiger partial charge in [0.25, 0.3) is 0 Å². The molecule has 4 rings (SSSR count). The number of nitrogens with zero attached hydrogens (tertiary/aromatic N) is 4. The Morgan fingerprint density at radius 1 is 1.42 bits per heavy atom. The minimum absolute atomic E-state index is 0.0965. The summed E-state index contributed by atoms with van der Waals surface area (Å²) in [5.74, 6) is 1.36. The molecular formula is C18H22N4O2. The average Bonchev–Trinajstić information content (AvgIpc) is 2.92. The Kier molecular flexibility index (Phi) is 3.96. The first kappa shape index (κ1) is 15.2. The van der Waals surface area contributed by atoms with Gasteiger partial charge >= 0.3 is 0 Å². The predicted octanol–water partition coefficient (Wildman–Crippen LogP) is 2.12. The Bertz CT molecular complexity index is 724. The number of amides is 1. The first-order chi connectivity index (χ1) is 11.7. The number of rotatable bonds is 4. The minimum atomic E-state index is 0.0965. The molecule has 1 amide bonds. The maximum absolute atomic E-state index is 12.7. The first-order valence-electron chi connectivity index (χ1n) is 8.54. The predicted molar refractivity (Wildman–Crippen MR) is 88.4 cm³/mol. The van der Waals surface area contributed by atoms with Gasteiger partial charge in [0.15, 0.2) is 0 Å². The van der Waals surface area contributed by atoms with Gasteiger partial charge in [-0.1, -0.05) is 6.42 Å². The quantitative estimate of drug-likeness (QED) is 0.863. The molecule has 1 unspecified atom stereocenters. The highest BCUT2D eigenvalue weighted by Gasteiger charge is 2.35. The largest absolute Gasteiger partial charge is 0.491 e. The molecule has 0 saturated heterocycles. The molecule has 2 aromatic heterocycles. The fraction of sp³-hybridized carbons (Fsp3) is 0.500. The molecule has 2 aliphatic rings. The van der Waals surface area contributed by atoms with E-state index in [-0.39, 0.29) is 11.8 Å². The second-order valence-electron chi connectivity index (χ2n) is 6.76. The zero-order chi connectivity index (χ0) is 16.5. The van der Waals surface area contributed by atoms with E-state index < -0.39 is 0 Å². The normalized spacial score (nSPS) is 20.4. The van der Waals surface area contributed by atoms with Crippen LogP contribution in [0.4, 0.5) is 0 Å². The van der Waals surface area contributed by atoms with Gasteiger partial charge in [-0.25, -0.2) is 0 Å². The van der Waals surface area contributed by atoms with Crippen molar-refractivity contribution in [3.63, 3.8) is 0 Å².